The standard InChI is InChI=1S/C11H19NO3/c1-8(7-11(14)15)6-10(13)12-9-4-2-3-5-9/h8-9H,2-7H2,1H3,(H,12,13)(H,14,15). The molecule has 86 valence electrons. The summed E-state index contributed by atoms with van der Waals surface area (Å²) in [6, 6.07) is 0.328. The Balaban J connectivity index is 2.19. The van der Waals surface area contributed by atoms with E-state index in [4.69, 9.17) is 5.11 Å². The molecule has 1 amide bonds. The molecule has 4 nitrogen and oxygen atoms in total. The van der Waals surface area contributed by atoms with Gasteiger partial charge in [-0.2, -0.15) is 0 Å². The minimum Gasteiger partial charge on any atom is -0.481 e. The van der Waals surface area contributed by atoms with Crippen LogP contribution in [-0.2, 0) is 9.59 Å². The lowest BCUT2D eigenvalue weighted by molar-refractivity contribution is -0.138. The highest BCUT2D eigenvalue weighted by Gasteiger charge is 2.18. The van der Waals surface area contributed by atoms with Gasteiger partial charge in [0.05, 0.1) is 0 Å². The molecule has 2 N–H and O–H groups in total. The SMILES string of the molecule is CC(CC(=O)O)CC(=O)NC1CCCC1. The van der Waals surface area contributed by atoms with Crippen molar-refractivity contribution in [2.75, 3.05) is 0 Å². The van der Waals surface area contributed by atoms with E-state index < -0.39 is 5.97 Å². The summed E-state index contributed by atoms with van der Waals surface area (Å²) in [5.41, 5.74) is 0. The topological polar surface area (TPSA) is 66.4 Å². The van der Waals surface area contributed by atoms with Gasteiger partial charge in [0.25, 0.3) is 0 Å². The number of nitrogens with one attached hydrogen (secondary N) is 1. The van der Waals surface area contributed by atoms with Gasteiger partial charge in [-0.05, 0) is 18.8 Å². The maximum atomic E-state index is 11.5. The molecule has 0 aliphatic heterocycles. The number of hydrogen-bond donors (Lipinski definition) is 2. The molecule has 0 aromatic carbocycles. The van der Waals surface area contributed by atoms with Crippen molar-refractivity contribution < 1.29 is 14.7 Å². The number of carbonyl (C=O) groups excluding carboxylic acids is 1. The van der Waals surface area contributed by atoms with Gasteiger partial charge in [-0.15, -0.1) is 0 Å². The molecule has 0 spiro atoms. The molecule has 0 aromatic rings. The average Bonchev–Trinajstić information content (AvgIpc) is 2.53. The van der Waals surface area contributed by atoms with Crippen molar-refractivity contribution >= 4 is 11.9 Å². The van der Waals surface area contributed by atoms with E-state index in [2.05, 4.69) is 5.32 Å². The predicted octanol–water partition coefficient (Wildman–Crippen LogP) is 1.55. The van der Waals surface area contributed by atoms with Crippen LogP contribution in [-0.4, -0.2) is 23.0 Å². The summed E-state index contributed by atoms with van der Waals surface area (Å²) < 4.78 is 0. The van der Waals surface area contributed by atoms with Crippen molar-refractivity contribution in [3.63, 3.8) is 0 Å². The zero-order valence-electron chi connectivity index (χ0n) is 9.16. The normalized spacial score (nSPS) is 18.7. The second kappa shape index (κ2) is 5.73. The number of carboxylic acid groups (broad SMARTS) is 1. The Bertz CT molecular complexity index is 234. The maximum Gasteiger partial charge on any atom is 0.303 e. The van der Waals surface area contributed by atoms with Gasteiger partial charge in [0, 0.05) is 18.9 Å². The Labute approximate surface area is 90.0 Å². The van der Waals surface area contributed by atoms with Gasteiger partial charge in [0.15, 0.2) is 0 Å². The van der Waals surface area contributed by atoms with Crippen molar-refractivity contribution in [1.29, 1.82) is 0 Å². The summed E-state index contributed by atoms with van der Waals surface area (Å²) in [4.78, 5) is 21.9. The highest BCUT2D eigenvalue weighted by Crippen LogP contribution is 2.18. The molecular weight excluding hydrogens is 194 g/mol. The van der Waals surface area contributed by atoms with Crippen LogP contribution in [0.1, 0.15) is 45.4 Å². The molecule has 0 saturated heterocycles. The molecule has 1 unspecified atom stereocenters. The van der Waals surface area contributed by atoms with E-state index in [9.17, 15) is 9.59 Å². The fourth-order valence-electron chi connectivity index (χ4n) is 2.04. The van der Waals surface area contributed by atoms with Crippen LogP contribution in [0.15, 0.2) is 0 Å². The van der Waals surface area contributed by atoms with E-state index in [0.717, 1.165) is 12.8 Å². The van der Waals surface area contributed by atoms with E-state index in [1.807, 2.05) is 0 Å². The van der Waals surface area contributed by atoms with Crippen LogP contribution >= 0.6 is 0 Å². The Morgan fingerprint density at radius 1 is 1.33 bits per heavy atom. The number of aliphatic carboxylic acids is 1. The lowest BCUT2D eigenvalue weighted by Gasteiger charge is -2.13. The molecule has 0 aromatic heterocycles. The molecule has 1 aliphatic rings. The van der Waals surface area contributed by atoms with Crippen LogP contribution in [0.2, 0.25) is 0 Å². The van der Waals surface area contributed by atoms with E-state index >= 15 is 0 Å². The van der Waals surface area contributed by atoms with Crippen molar-refractivity contribution in [3.05, 3.63) is 0 Å². The second-order valence-corrected chi connectivity index (χ2v) is 4.46. The third-order valence-electron chi connectivity index (χ3n) is 2.78. The van der Waals surface area contributed by atoms with Crippen molar-refractivity contribution in [3.8, 4) is 0 Å². The molecule has 0 heterocycles. The summed E-state index contributed by atoms with van der Waals surface area (Å²) in [5, 5.41) is 11.5. The first-order valence-electron chi connectivity index (χ1n) is 5.59. The molecule has 0 bridgehead atoms. The molecule has 1 saturated carbocycles. The van der Waals surface area contributed by atoms with Gasteiger partial charge in [-0.3, -0.25) is 9.59 Å². The number of carboxylic acids is 1. The summed E-state index contributed by atoms with van der Waals surface area (Å²) in [6.07, 6.45) is 4.91. The minimum absolute atomic E-state index is 0.00403. The largest absolute Gasteiger partial charge is 0.481 e. The van der Waals surface area contributed by atoms with Crippen molar-refractivity contribution in [2.24, 2.45) is 5.92 Å². The number of carbonyl (C=O) groups is 2. The molecule has 1 aliphatic carbocycles. The maximum absolute atomic E-state index is 11.5. The number of hydrogen-bond acceptors (Lipinski definition) is 2. The highest BCUT2D eigenvalue weighted by molar-refractivity contribution is 5.77. The Hall–Kier alpha value is -1.06. The van der Waals surface area contributed by atoms with Gasteiger partial charge in [0.2, 0.25) is 5.91 Å². The summed E-state index contributed by atoms with van der Waals surface area (Å²) in [6.45, 7) is 1.79. The third-order valence-corrected chi connectivity index (χ3v) is 2.78. The molecule has 1 rings (SSSR count). The summed E-state index contributed by atoms with van der Waals surface area (Å²) in [7, 11) is 0. The van der Waals surface area contributed by atoms with Crippen LogP contribution in [0.25, 0.3) is 0 Å². The molecule has 4 heteroatoms. The van der Waals surface area contributed by atoms with Crippen LogP contribution in [0.3, 0.4) is 0 Å². The molecule has 1 atom stereocenters. The first kappa shape index (κ1) is 12.0. The van der Waals surface area contributed by atoms with Crippen LogP contribution in [0, 0.1) is 5.92 Å². The number of rotatable bonds is 5. The van der Waals surface area contributed by atoms with Gasteiger partial charge in [0.1, 0.15) is 0 Å². The van der Waals surface area contributed by atoms with Crippen LogP contribution in [0.5, 0.6) is 0 Å². The van der Waals surface area contributed by atoms with E-state index in [0.29, 0.717) is 12.5 Å². The third kappa shape index (κ3) is 4.81. The molecule has 1 fully saturated rings. The quantitative estimate of drug-likeness (QED) is 0.728. The van der Waals surface area contributed by atoms with Gasteiger partial charge in [-0.1, -0.05) is 19.8 Å². The minimum atomic E-state index is -0.837. The molecular formula is C11H19NO3. The summed E-state index contributed by atoms with van der Waals surface area (Å²) in [5.74, 6) is -0.921. The van der Waals surface area contributed by atoms with E-state index in [-0.39, 0.29) is 18.2 Å². The van der Waals surface area contributed by atoms with Gasteiger partial charge >= 0.3 is 5.97 Å². The second-order valence-electron chi connectivity index (χ2n) is 4.46. The first-order valence-corrected chi connectivity index (χ1v) is 5.59. The highest BCUT2D eigenvalue weighted by atomic mass is 16.4. The fourth-order valence-corrected chi connectivity index (χ4v) is 2.04. The Morgan fingerprint density at radius 2 is 1.93 bits per heavy atom. The van der Waals surface area contributed by atoms with Gasteiger partial charge < -0.3 is 10.4 Å². The molecule has 0 radical (unpaired) electrons. The summed E-state index contributed by atoms with van der Waals surface area (Å²) >= 11 is 0. The Morgan fingerprint density at radius 3 is 2.47 bits per heavy atom. The number of amides is 1. The van der Waals surface area contributed by atoms with Crippen molar-refractivity contribution in [1.82, 2.24) is 5.32 Å². The monoisotopic (exact) mass is 213 g/mol. The zero-order chi connectivity index (χ0) is 11.3. The van der Waals surface area contributed by atoms with E-state index in [1.165, 1.54) is 12.8 Å². The van der Waals surface area contributed by atoms with E-state index in [1.54, 1.807) is 6.92 Å². The molecule has 15 heavy (non-hydrogen) atoms. The smallest absolute Gasteiger partial charge is 0.303 e. The first-order chi connectivity index (χ1) is 7.08. The average molecular weight is 213 g/mol. The van der Waals surface area contributed by atoms with Crippen LogP contribution < -0.4 is 5.32 Å². The van der Waals surface area contributed by atoms with Gasteiger partial charge in [-0.25, -0.2) is 0 Å². The fraction of sp³-hybridized carbons (Fsp3) is 0.818. The Kier molecular flexibility index (Phi) is 4.59. The lowest BCUT2D eigenvalue weighted by Crippen LogP contribution is -2.33. The van der Waals surface area contributed by atoms with Crippen molar-refractivity contribution in [2.45, 2.75) is 51.5 Å². The van der Waals surface area contributed by atoms with Crippen LogP contribution in [0.4, 0.5) is 0 Å². The predicted molar refractivity (Wildman–Crippen MR) is 56.4 cm³/mol. The lowest BCUT2D eigenvalue weighted by atomic mass is 10.0. The zero-order valence-corrected chi connectivity index (χ0v) is 9.16.